The van der Waals surface area contributed by atoms with Crippen LogP contribution >= 0.6 is 0 Å². The Labute approximate surface area is 98.0 Å². The van der Waals surface area contributed by atoms with Crippen LogP contribution in [0.3, 0.4) is 0 Å². The normalized spacial score (nSPS) is 19.5. The lowest BCUT2D eigenvalue weighted by molar-refractivity contribution is -0.141. The summed E-state index contributed by atoms with van der Waals surface area (Å²) in [6, 6.07) is 2.89. The van der Waals surface area contributed by atoms with E-state index in [1.807, 2.05) is 0 Å². The van der Waals surface area contributed by atoms with E-state index in [1.165, 1.54) is 19.2 Å². The number of rotatable bonds is 2. The molecule has 0 aromatic heterocycles. The van der Waals surface area contributed by atoms with Gasteiger partial charge in [0.05, 0.1) is 12.8 Å². The van der Waals surface area contributed by atoms with Crippen LogP contribution in [0.25, 0.3) is 0 Å². The van der Waals surface area contributed by atoms with E-state index in [-0.39, 0.29) is 11.7 Å². The third-order valence-electron chi connectivity index (χ3n) is 2.95. The fraction of sp³-hybridized carbons (Fsp3) is 0.417. The van der Waals surface area contributed by atoms with Crippen molar-refractivity contribution < 1.29 is 18.3 Å². The predicted molar refractivity (Wildman–Crippen MR) is 58.7 cm³/mol. The molecule has 1 heterocycles. The molecule has 1 aliphatic heterocycles. The summed E-state index contributed by atoms with van der Waals surface area (Å²) in [6.45, 7) is 0.572. The number of hydrogen-bond donors (Lipinski definition) is 0. The highest BCUT2D eigenvalue weighted by Gasteiger charge is 2.32. The van der Waals surface area contributed by atoms with Crippen LogP contribution in [-0.4, -0.2) is 25.7 Å². The van der Waals surface area contributed by atoms with E-state index in [9.17, 15) is 13.6 Å². The summed E-state index contributed by atoms with van der Waals surface area (Å²) in [4.78, 5) is 13.1. The quantitative estimate of drug-likeness (QED) is 0.743. The molecule has 0 N–H and O–H groups in total. The lowest BCUT2D eigenvalue weighted by atomic mass is 10.2. The van der Waals surface area contributed by atoms with Gasteiger partial charge in [0, 0.05) is 12.6 Å². The smallest absolute Gasteiger partial charge is 0.328 e. The second-order valence-electron chi connectivity index (χ2n) is 3.97. The average Bonchev–Trinajstić information content (AvgIpc) is 2.77. The third kappa shape index (κ3) is 2.23. The molecule has 1 fully saturated rings. The summed E-state index contributed by atoms with van der Waals surface area (Å²) in [5.74, 6) is -1.66. The van der Waals surface area contributed by atoms with Crippen molar-refractivity contribution in [3.63, 3.8) is 0 Å². The topological polar surface area (TPSA) is 29.5 Å². The fourth-order valence-corrected chi connectivity index (χ4v) is 2.15. The van der Waals surface area contributed by atoms with Crippen LogP contribution in [0.4, 0.5) is 14.5 Å². The van der Waals surface area contributed by atoms with Gasteiger partial charge in [-0.3, -0.25) is 0 Å². The third-order valence-corrected chi connectivity index (χ3v) is 2.95. The van der Waals surface area contributed by atoms with E-state index in [1.54, 1.807) is 4.90 Å². The highest BCUT2D eigenvalue weighted by atomic mass is 19.1. The van der Waals surface area contributed by atoms with E-state index in [2.05, 4.69) is 4.74 Å². The van der Waals surface area contributed by atoms with Crippen molar-refractivity contribution in [1.29, 1.82) is 0 Å². The molecular formula is C12H13F2NO2. The summed E-state index contributed by atoms with van der Waals surface area (Å²) in [7, 11) is 1.31. The zero-order chi connectivity index (χ0) is 12.4. The summed E-state index contributed by atoms with van der Waals surface area (Å²) in [6.07, 6.45) is 1.42. The Morgan fingerprint density at radius 2 is 2.24 bits per heavy atom. The van der Waals surface area contributed by atoms with Crippen molar-refractivity contribution in [3.8, 4) is 0 Å². The van der Waals surface area contributed by atoms with Gasteiger partial charge in [-0.05, 0) is 25.0 Å². The minimum atomic E-state index is -0.652. The van der Waals surface area contributed by atoms with Gasteiger partial charge in [0.25, 0.3) is 0 Å². The highest BCUT2D eigenvalue weighted by molar-refractivity contribution is 5.80. The van der Waals surface area contributed by atoms with Crippen LogP contribution in [0, 0.1) is 11.6 Å². The van der Waals surface area contributed by atoms with Crippen molar-refractivity contribution in [2.75, 3.05) is 18.6 Å². The molecule has 0 aliphatic carbocycles. The number of nitrogens with zero attached hydrogens (tertiary/aromatic N) is 1. The zero-order valence-electron chi connectivity index (χ0n) is 9.45. The van der Waals surface area contributed by atoms with Gasteiger partial charge in [0.2, 0.25) is 0 Å². The second-order valence-corrected chi connectivity index (χ2v) is 3.97. The molecule has 1 unspecified atom stereocenters. The first-order valence-corrected chi connectivity index (χ1v) is 5.43. The number of halogens is 2. The van der Waals surface area contributed by atoms with E-state index in [4.69, 9.17) is 0 Å². The van der Waals surface area contributed by atoms with Gasteiger partial charge >= 0.3 is 5.97 Å². The molecule has 0 saturated carbocycles. The van der Waals surface area contributed by atoms with E-state index in [0.717, 1.165) is 12.5 Å². The molecule has 2 rings (SSSR count). The van der Waals surface area contributed by atoms with Crippen molar-refractivity contribution in [3.05, 3.63) is 29.8 Å². The average molecular weight is 241 g/mol. The first-order chi connectivity index (χ1) is 8.13. The number of hydrogen-bond acceptors (Lipinski definition) is 3. The Kier molecular flexibility index (Phi) is 3.26. The second kappa shape index (κ2) is 4.69. The molecule has 1 atom stereocenters. The summed E-state index contributed by atoms with van der Waals surface area (Å²) in [5, 5.41) is 0. The van der Waals surface area contributed by atoms with E-state index in [0.29, 0.717) is 13.0 Å². The molecule has 5 heteroatoms. The molecule has 0 spiro atoms. The van der Waals surface area contributed by atoms with Crippen LogP contribution in [-0.2, 0) is 9.53 Å². The number of carbonyl (C=O) groups is 1. The Balaban J connectivity index is 2.29. The molecule has 1 aromatic carbocycles. The maximum absolute atomic E-state index is 13.6. The number of methoxy groups -OCH3 is 1. The lowest BCUT2D eigenvalue weighted by Crippen LogP contribution is -2.37. The van der Waals surface area contributed by atoms with Gasteiger partial charge in [-0.25, -0.2) is 13.6 Å². The first kappa shape index (κ1) is 11.8. The molecule has 1 aromatic rings. The number of carbonyl (C=O) groups excluding carboxylic acids is 1. The Morgan fingerprint density at radius 3 is 2.88 bits per heavy atom. The molecular weight excluding hydrogens is 228 g/mol. The largest absolute Gasteiger partial charge is 0.467 e. The van der Waals surface area contributed by atoms with Gasteiger partial charge < -0.3 is 9.64 Å². The summed E-state index contributed by atoms with van der Waals surface area (Å²) in [5.41, 5.74) is 0.249. The Hall–Kier alpha value is -1.65. The molecule has 92 valence electrons. The fourth-order valence-electron chi connectivity index (χ4n) is 2.15. The standard InChI is InChI=1S/C12H13F2NO2/c1-17-12(16)11-3-2-6-15(11)10-5-4-8(13)7-9(10)14/h4-5,7,11H,2-3,6H2,1H3. The SMILES string of the molecule is COC(=O)C1CCCN1c1ccc(F)cc1F. The first-order valence-electron chi connectivity index (χ1n) is 5.43. The minimum Gasteiger partial charge on any atom is -0.467 e. The van der Waals surface area contributed by atoms with Gasteiger partial charge in [-0.15, -0.1) is 0 Å². The monoisotopic (exact) mass is 241 g/mol. The molecule has 0 amide bonds. The Morgan fingerprint density at radius 1 is 1.47 bits per heavy atom. The van der Waals surface area contributed by atoms with Crippen LogP contribution in [0.2, 0.25) is 0 Å². The van der Waals surface area contributed by atoms with Crippen LogP contribution < -0.4 is 4.90 Å². The summed E-state index contributed by atoms with van der Waals surface area (Å²) >= 11 is 0. The number of benzene rings is 1. The van der Waals surface area contributed by atoms with Crippen LogP contribution in [0.5, 0.6) is 0 Å². The van der Waals surface area contributed by atoms with Crippen molar-refractivity contribution in [2.45, 2.75) is 18.9 Å². The van der Waals surface area contributed by atoms with Crippen molar-refractivity contribution >= 4 is 11.7 Å². The highest BCUT2D eigenvalue weighted by Crippen LogP contribution is 2.28. The molecule has 3 nitrogen and oxygen atoms in total. The summed E-state index contributed by atoms with van der Waals surface area (Å²) < 4.78 is 31.1. The molecule has 17 heavy (non-hydrogen) atoms. The van der Waals surface area contributed by atoms with Crippen LogP contribution in [0.1, 0.15) is 12.8 Å². The van der Waals surface area contributed by atoms with Gasteiger partial charge in [0.1, 0.15) is 17.7 Å². The predicted octanol–water partition coefficient (Wildman–Crippen LogP) is 2.11. The zero-order valence-corrected chi connectivity index (χ0v) is 9.45. The van der Waals surface area contributed by atoms with Crippen molar-refractivity contribution in [2.24, 2.45) is 0 Å². The number of ether oxygens (including phenoxy) is 1. The number of anilines is 1. The molecule has 1 aliphatic rings. The molecule has 0 bridgehead atoms. The number of esters is 1. The minimum absolute atomic E-state index is 0.249. The van der Waals surface area contributed by atoms with E-state index >= 15 is 0 Å². The maximum atomic E-state index is 13.6. The Bertz CT molecular complexity index is 437. The van der Waals surface area contributed by atoms with E-state index < -0.39 is 17.7 Å². The maximum Gasteiger partial charge on any atom is 0.328 e. The van der Waals surface area contributed by atoms with Crippen molar-refractivity contribution in [1.82, 2.24) is 0 Å². The van der Waals surface area contributed by atoms with Gasteiger partial charge in [0.15, 0.2) is 0 Å². The molecule has 1 saturated heterocycles. The molecule has 0 radical (unpaired) electrons. The van der Waals surface area contributed by atoms with Gasteiger partial charge in [-0.2, -0.15) is 0 Å². The van der Waals surface area contributed by atoms with Crippen LogP contribution in [0.15, 0.2) is 18.2 Å². The van der Waals surface area contributed by atoms with Gasteiger partial charge in [-0.1, -0.05) is 0 Å². The lowest BCUT2D eigenvalue weighted by Gasteiger charge is -2.25.